The number of para-hydroxylation sites is 4. The molecule has 0 radical (unpaired) electrons. The molecule has 0 aromatic heterocycles. The van der Waals surface area contributed by atoms with E-state index >= 15 is 0 Å². The molecule has 0 bridgehead atoms. The minimum atomic E-state index is -0.502. The summed E-state index contributed by atoms with van der Waals surface area (Å²) in [5.41, 5.74) is 19.0. The molecule has 0 fully saturated rings. The first-order valence-electron chi connectivity index (χ1n) is 19.7. The van der Waals surface area contributed by atoms with Crippen molar-refractivity contribution in [1.82, 2.24) is 0 Å². The molecule has 0 saturated heterocycles. The molecule has 268 valence electrons. The summed E-state index contributed by atoms with van der Waals surface area (Å²) in [6.45, 7) is 0. The van der Waals surface area contributed by atoms with Gasteiger partial charge in [-0.1, -0.05) is 164 Å². The van der Waals surface area contributed by atoms with Crippen LogP contribution in [-0.4, -0.2) is 0 Å². The molecule has 2 nitrogen and oxygen atoms in total. The van der Waals surface area contributed by atoms with Gasteiger partial charge in [-0.05, 0) is 117 Å². The maximum absolute atomic E-state index is 2.48. The van der Waals surface area contributed by atoms with E-state index in [2.05, 4.69) is 240 Å². The average molecular weight is 727 g/mol. The van der Waals surface area contributed by atoms with Crippen LogP contribution in [0.15, 0.2) is 231 Å². The van der Waals surface area contributed by atoms with Crippen molar-refractivity contribution in [3.63, 3.8) is 0 Å². The Bertz CT molecular complexity index is 2820. The van der Waals surface area contributed by atoms with Gasteiger partial charge in [-0.2, -0.15) is 0 Å². The maximum Gasteiger partial charge on any atom is 0.0726 e. The van der Waals surface area contributed by atoms with Crippen LogP contribution in [0.4, 0.5) is 34.1 Å². The molecule has 0 atom stereocenters. The molecule has 1 spiro atoms. The lowest BCUT2D eigenvalue weighted by atomic mass is 9.70. The van der Waals surface area contributed by atoms with Crippen molar-refractivity contribution >= 4 is 34.1 Å². The average Bonchev–Trinajstić information content (AvgIpc) is 3.75. The molecule has 0 saturated carbocycles. The van der Waals surface area contributed by atoms with E-state index in [0.29, 0.717) is 0 Å². The zero-order valence-corrected chi connectivity index (χ0v) is 31.3. The number of hydrogen-bond donors (Lipinski definition) is 0. The van der Waals surface area contributed by atoms with Gasteiger partial charge in [0.2, 0.25) is 0 Å². The quantitative estimate of drug-likeness (QED) is 0.161. The topological polar surface area (TPSA) is 6.48 Å². The summed E-state index contributed by atoms with van der Waals surface area (Å²) >= 11 is 0. The van der Waals surface area contributed by atoms with Gasteiger partial charge in [0.1, 0.15) is 0 Å². The minimum Gasteiger partial charge on any atom is -0.310 e. The highest BCUT2D eigenvalue weighted by atomic mass is 15.1. The van der Waals surface area contributed by atoms with E-state index in [1.165, 1.54) is 55.6 Å². The fourth-order valence-electron chi connectivity index (χ4n) is 9.53. The second-order valence-corrected chi connectivity index (χ2v) is 14.9. The van der Waals surface area contributed by atoms with Gasteiger partial charge in [0.15, 0.2) is 0 Å². The Morgan fingerprint density at radius 3 is 1.26 bits per heavy atom. The Morgan fingerprint density at radius 1 is 0.246 bits per heavy atom. The molecule has 57 heavy (non-hydrogen) atoms. The number of fused-ring (bicyclic) bond motifs is 10. The van der Waals surface area contributed by atoms with Crippen molar-refractivity contribution in [2.45, 2.75) is 5.41 Å². The lowest BCUT2D eigenvalue weighted by molar-refractivity contribution is 0.793. The second-order valence-electron chi connectivity index (χ2n) is 14.9. The van der Waals surface area contributed by atoms with Crippen LogP contribution in [0.2, 0.25) is 0 Å². The van der Waals surface area contributed by atoms with Gasteiger partial charge in [0.05, 0.1) is 11.1 Å². The first-order valence-corrected chi connectivity index (χ1v) is 19.7. The third-order valence-electron chi connectivity index (χ3n) is 11.8. The van der Waals surface area contributed by atoms with E-state index in [0.717, 1.165) is 34.1 Å². The SMILES string of the molecule is c1ccc(-c2ccccc2N(c2ccccc2)c2ccc3c(c2)C2(c4ccccc4-c4ccccc42)c2ccc(N(c4ccccc4)c4ccccc4)cc2-3)cc1. The smallest absolute Gasteiger partial charge is 0.0726 e. The predicted octanol–water partition coefficient (Wildman–Crippen LogP) is 14.6. The van der Waals surface area contributed by atoms with Crippen LogP contribution in [0, 0.1) is 0 Å². The summed E-state index contributed by atoms with van der Waals surface area (Å²) in [6, 6.07) is 84.1. The molecule has 0 amide bonds. The fourth-order valence-corrected chi connectivity index (χ4v) is 9.53. The molecule has 2 aliphatic rings. The lowest BCUT2D eigenvalue weighted by Gasteiger charge is -2.33. The lowest BCUT2D eigenvalue weighted by Crippen LogP contribution is -2.26. The summed E-state index contributed by atoms with van der Waals surface area (Å²) in [5, 5.41) is 0. The van der Waals surface area contributed by atoms with Crippen molar-refractivity contribution in [3.8, 4) is 33.4 Å². The zero-order valence-electron chi connectivity index (χ0n) is 31.3. The van der Waals surface area contributed by atoms with Crippen LogP contribution in [0.5, 0.6) is 0 Å². The van der Waals surface area contributed by atoms with E-state index in [1.54, 1.807) is 0 Å². The Balaban J connectivity index is 1.19. The molecule has 11 rings (SSSR count). The van der Waals surface area contributed by atoms with E-state index in [9.17, 15) is 0 Å². The Labute approximate surface area is 334 Å². The molecular weight excluding hydrogens is 689 g/mol. The summed E-state index contributed by atoms with van der Waals surface area (Å²) in [6.07, 6.45) is 0. The second kappa shape index (κ2) is 13.4. The molecule has 2 aliphatic carbocycles. The minimum absolute atomic E-state index is 0.502. The van der Waals surface area contributed by atoms with Crippen LogP contribution in [0.3, 0.4) is 0 Å². The molecule has 0 N–H and O–H groups in total. The third kappa shape index (κ3) is 5.11. The molecule has 0 unspecified atom stereocenters. The summed E-state index contributed by atoms with van der Waals surface area (Å²) in [7, 11) is 0. The number of rotatable bonds is 7. The molecular formula is C55H38N2. The van der Waals surface area contributed by atoms with Gasteiger partial charge in [-0.25, -0.2) is 0 Å². The highest BCUT2D eigenvalue weighted by molar-refractivity contribution is 5.98. The fraction of sp³-hybridized carbons (Fsp3) is 0.0182. The van der Waals surface area contributed by atoms with Crippen LogP contribution in [0.1, 0.15) is 22.3 Å². The van der Waals surface area contributed by atoms with Crippen LogP contribution in [-0.2, 0) is 5.41 Å². The molecule has 2 heteroatoms. The summed E-state index contributed by atoms with van der Waals surface area (Å²) in [4.78, 5) is 4.80. The molecule has 0 aliphatic heterocycles. The van der Waals surface area contributed by atoms with Crippen molar-refractivity contribution in [2.75, 3.05) is 9.80 Å². The third-order valence-corrected chi connectivity index (χ3v) is 11.8. The molecule has 0 heterocycles. The number of nitrogens with zero attached hydrogens (tertiary/aromatic N) is 2. The first kappa shape index (κ1) is 33.0. The van der Waals surface area contributed by atoms with Crippen molar-refractivity contribution < 1.29 is 0 Å². The van der Waals surface area contributed by atoms with Crippen molar-refractivity contribution in [1.29, 1.82) is 0 Å². The summed E-state index contributed by atoms with van der Waals surface area (Å²) in [5.74, 6) is 0. The van der Waals surface area contributed by atoms with E-state index < -0.39 is 5.41 Å². The standard InChI is InChI=1S/C55H38N2/c1-5-19-39(20-6-1)45-27-15-18-32-54(45)57(42-25-11-4-12-26-42)44-33-35-48-49-37-43(56(40-21-7-2-8-22-40)41-23-9-3-10-24-41)34-36-52(49)55(53(48)38-44)50-30-16-13-28-46(50)47-29-14-17-31-51(47)55/h1-38H. The Morgan fingerprint density at radius 2 is 0.667 bits per heavy atom. The van der Waals surface area contributed by atoms with Gasteiger partial charge in [0, 0.05) is 34.0 Å². The van der Waals surface area contributed by atoms with E-state index in [-0.39, 0.29) is 0 Å². The monoisotopic (exact) mass is 726 g/mol. The number of hydrogen-bond acceptors (Lipinski definition) is 2. The van der Waals surface area contributed by atoms with Crippen LogP contribution < -0.4 is 9.80 Å². The highest BCUT2D eigenvalue weighted by Crippen LogP contribution is 2.64. The predicted molar refractivity (Wildman–Crippen MR) is 238 cm³/mol. The van der Waals surface area contributed by atoms with Crippen molar-refractivity contribution in [2.24, 2.45) is 0 Å². The summed E-state index contributed by atoms with van der Waals surface area (Å²) < 4.78 is 0. The van der Waals surface area contributed by atoms with Gasteiger partial charge in [-0.3, -0.25) is 0 Å². The van der Waals surface area contributed by atoms with Crippen LogP contribution in [0.25, 0.3) is 33.4 Å². The zero-order chi connectivity index (χ0) is 37.8. The largest absolute Gasteiger partial charge is 0.310 e. The Kier molecular flexibility index (Phi) is 7.75. The van der Waals surface area contributed by atoms with Gasteiger partial charge < -0.3 is 9.80 Å². The first-order chi connectivity index (χ1) is 28.3. The maximum atomic E-state index is 2.48. The van der Waals surface area contributed by atoms with Gasteiger partial charge in [-0.15, -0.1) is 0 Å². The number of benzene rings is 9. The Hall–Kier alpha value is -7.42. The van der Waals surface area contributed by atoms with Crippen LogP contribution >= 0.6 is 0 Å². The molecule has 9 aromatic rings. The van der Waals surface area contributed by atoms with E-state index in [4.69, 9.17) is 0 Å². The van der Waals surface area contributed by atoms with Gasteiger partial charge in [0.25, 0.3) is 0 Å². The highest BCUT2D eigenvalue weighted by Gasteiger charge is 2.52. The van der Waals surface area contributed by atoms with Crippen molar-refractivity contribution in [3.05, 3.63) is 253 Å². The van der Waals surface area contributed by atoms with Gasteiger partial charge >= 0.3 is 0 Å². The van der Waals surface area contributed by atoms with E-state index in [1.807, 2.05) is 0 Å². The normalized spacial score (nSPS) is 12.7. The molecule has 9 aromatic carbocycles. The number of anilines is 6.